The van der Waals surface area contributed by atoms with E-state index >= 15 is 0 Å². The fourth-order valence-corrected chi connectivity index (χ4v) is 2.62. The van der Waals surface area contributed by atoms with E-state index in [4.69, 9.17) is 4.74 Å². The second-order valence-corrected chi connectivity index (χ2v) is 5.94. The summed E-state index contributed by atoms with van der Waals surface area (Å²) in [4.78, 5) is 52.3. The molecule has 1 aromatic heterocycles. The van der Waals surface area contributed by atoms with Gasteiger partial charge in [-0.05, 0) is 24.3 Å². The van der Waals surface area contributed by atoms with Crippen molar-refractivity contribution in [2.45, 2.75) is 6.54 Å². The van der Waals surface area contributed by atoms with Crippen LogP contribution in [-0.4, -0.2) is 41.1 Å². The van der Waals surface area contributed by atoms with Crippen LogP contribution in [0.15, 0.2) is 59.7 Å². The third-order valence-corrected chi connectivity index (χ3v) is 4.00. The van der Waals surface area contributed by atoms with Crippen LogP contribution >= 0.6 is 0 Å². The number of benzene rings is 2. The molecule has 0 spiro atoms. The van der Waals surface area contributed by atoms with Crippen molar-refractivity contribution >= 4 is 34.4 Å². The number of hydrogen-bond donors (Lipinski definition) is 1. The van der Waals surface area contributed by atoms with Crippen LogP contribution in [0.4, 0.5) is 5.69 Å². The zero-order valence-electron chi connectivity index (χ0n) is 15.5. The first-order valence-corrected chi connectivity index (χ1v) is 8.56. The van der Waals surface area contributed by atoms with E-state index in [1.807, 2.05) is 0 Å². The molecule has 0 unspecified atom stereocenters. The number of nitrogens with one attached hydrogen (secondary N) is 1. The lowest BCUT2D eigenvalue weighted by Gasteiger charge is -2.10. The molecule has 0 fully saturated rings. The molecular weight excluding hydrogens is 378 g/mol. The van der Waals surface area contributed by atoms with Gasteiger partial charge in [-0.1, -0.05) is 24.3 Å². The molecule has 1 heterocycles. The van der Waals surface area contributed by atoms with E-state index < -0.39 is 24.5 Å². The Hall–Kier alpha value is -4.01. The molecular formula is C20H17N3O6. The van der Waals surface area contributed by atoms with Crippen LogP contribution < -0.4 is 10.9 Å². The largest absolute Gasteiger partial charge is 0.465 e. The highest BCUT2D eigenvalue weighted by atomic mass is 16.5. The second-order valence-electron chi connectivity index (χ2n) is 5.94. The van der Waals surface area contributed by atoms with Crippen LogP contribution in [-0.2, 0) is 25.6 Å². The standard InChI is InChI=1S/C20H17N3O6/c1-28-20(27)14-7-3-5-9-16(14)22-17(24)11-29-18(25)10-23-12-21-15-8-4-2-6-13(15)19(23)26/h2-9,12H,10-11H2,1H3,(H,22,24). The SMILES string of the molecule is COC(=O)c1ccccc1NC(=O)COC(=O)Cn1cnc2ccccc2c1=O. The minimum atomic E-state index is -0.777. The summed E-state index contributed by atoms with van der Waals surface area (Å²) < 4.78 is 10.7. The highest BCUT2D eigenvalue weighted by Gasteiger charge is 2.15. The molecule has 0 atom stereocenters. The maximum Gasteiger partial charge on any atom is 0.339 e. The molecule has 1 N–H and O–H groups in total. The lowest BCUT2D eigenvalue weighted by Crippen LogP contribution is -2.28. The van der Waals surface area contributed by atoms with Gasteiger partial charge in [0.25, 0.3) is 11.5 Å². The van der Waals surface area contributed by atoms with E-state index in [2.05, 4.69) is 15.0 Å². The first-order chi connectivity index (χ1) is 14.0. The number of aromatic nitrogens is 2. The zero-order valence-corrected chi connectivity index (χ0v) is 15.5. The molecule has 3 aromatic rings. The number of anilines is 1. The maximum absolute atomic E-state index is 12.4. The lowest BCUT2D eigenvalue weighted by molar-refractivity contribution is -0.147. The quantitative estimate of drug-likeness (QED) is 0.627. The molecule has 1 amide bonds. The first kappa shape index (κ1) is 19.7. The van der Waals surface area contributed by atoms with E-state index in [-0.39, 0.29) is 23.4 Å². The van der Waals surface area contributed by atoms with Gasteiger partial charge in [0.2, 0.25) is 0 Å². The van der Waals surface area contributed by atoms with E-state index in [9.17, 15) is 19.2 Å². The monoisotopic (exact) mass is 395 g/mol. The molecule has 0 aliphatic heterocycles. The Bertz CT molecular complexity index is 1140. The van der Waals surface area contributed by atoms with Crippen molar-refractivity contribution in [1.29, 1.82) is 0 Å². The maximum atomic E-state index is 12.4. The molecule has 148 valence electrons. The van der Waals surface area contributed by atoms with Gasteiger partial charge < -0.3 is 14.8 Å². The van der Waals surface area contributed by atoms with Gasteiger partial charge in [0.15, 0.2) is 6.61 Å². The summed E-state index contributed by atoms with van der Waals surface area (Å²) in [6, 6.07) is 13.0. The summed E-state index contributed by atoms with van der Waals surface area (Å²) in [5.41, 5.74) is 0.536. The summed E-state index contributed by atoms with van der Waals surface area (Å²) in [5.74, 6) is -2.03. The molecule has 0 aliphatic carbocycles. The molecule has 0 saturated heterocycles. The van der Waals surface area contributed by atoms with Gasteiger partial charge in [0.1, 0.15) is 6.54 Å². The minimum absolute atomic E-state index is 0.170. The van der Waals surface area contributed by atoms with Crippen LogP contribution in [0.1, 0.15) is 10.4 Å². The number of carbonyl (C=O) groups is 3. The Balaban J connectivity index is 1.60. The highest BCUT2D eigenvalue weighted by Crippen LogP contribution is 2.15. The van der Waals surface area contributed by atoms with Gasteiger partial charge in [-0.25, -0.2) is 9.78 Å². The summed E-state index contributed by atoms with van der Waals surface area (Å²) in [6.07, 6.45) is 1.25. The number of para-hydroxylation sites is 2. The Labute approximate surface area is 164 Å². The van der Waals surface area contributed by atoms with Crippen molar-refractivity contribution < 1.29 is 23.9 Å². The molecule has 0 radical (unpaired) electrons. The van der Waals surface area contributed by atoms with Gasteiger partial charge in [0.05, 0.1) is 35.6 Å². The van der Waals surface area contributed by atoms with Crippen molar-refractivity contribution in [3.8, 4) is 0 Å². The normalized spacial score (nSPS) is 10.4. The van der Waals surface area contributed by atoms with Gasteiger partial charge >= 0.3 is 11.9 Å². The topological polar surface area (TPSA) is 117 Å². The van der Waals surface area contributed by atoms with Crippen molar-refractivity contribution in [3.63, 3.8) is 0 Å². The molecule has 0 bridgehead atoms. The predicted octanol–water partition coefficient (Wildman–Crippen LogP) is 1.36. The molecule has 0 saturated carbocycles. The van der Waals surface area contributed by atoms with Crippen molar-refractivity contribution in [1.82, 2.24) is 9.55 Å². The number of amides is 1. The molecule has 9 nitrogen and oxygen atoms in total. The molecule has 29 heavy (non-hydrogen) atoms. The van der Waals surface area contributed by atoms with Crippen LogP contribution in [0.2, 0.25) is 0 Å². The summed E-state index contributed by atoms with van der Waals surface area (Å²) >= 11 is 0. The van der Waals surface area contributed by atoms with Crippen LogP contribution in [0.25, 0.3) is 10.9 Å². The summed E-state index contributed by atoms with van der Waals surface area (Å²) in [5, 5.41) is 2.86. The average molecular weight is 395 g/mol. The van der Waals surface area contributed by atoms with Gasteiger partial charge in [0, 0.05) is 0 Å². The van der Waals surface area contributed by atoms with Gasteiger partial charge in [-0.3, -0.25) is 19.0 Å². The third-order valence-electron chi connectivity index (χ3n) is 4.00. The summed E-state index contributed by atoms with van der Waals surface area (Å²) in [7, 11) is 1.23. The number of methoxy groups -OCH3 is 1. The fourth-order valence-electron chi connectivity index (χ4n) is 2.62. The highest BCUT2D eigenvalue weighted by molar-refractivity contribution is 6.01. The number of carbonyl (C=O) groups excluding carboxylic acids is 3. The fraction of sp³-hybridized carbons (Fsp3) is 0.150. The lowest BCUT2D eigenvalue weighted by atomic mass is 10.2. The third kappa shape index (κ3) is 4.64. The summed E-state index contributed by atoms with van der Waals surface area (Å²) in [6.45, 7) is -0.965. The van der Waals surface area contributed by atoms with E-state index in [0.717, 1.165) is 4.57 Å². The molecule has 2 aromatic carbocycles. The van der Waals surface area contributed by atoms with Gasteiger partial charge in [-0.15, -0.1) is 0 Å². The number of rotatable bonds is 6. The number of nitrogens with zero attached hydrogens (tertiary/aromatic N) is 2. The zero-order chi connectivity index (χ0) is 20.8. The smallest absolute Gasteiger partial charge is 0.339 e. The minimum Gasteiger partial charge on any atom is -0.465 e. The predicted molar refractivity (Wildman–Crippen MR) is 103 cm³/mol. The van der Waals surface area contributed by atoms with E-state index in [1.165, 1.54) is 25.6 Å². The van der Waals surface area contributed by atoms with Crippen molar-refractivity contribution in [2.75, 3.05) is 19.0 Å². The van der Waals surface area contributed by atoms with Crippen molar-refractivity contribution in [2.24, 2.45) is 0 Å². The van der Waals surface area contributed by atoms with Crippen molar-refractivity contribution in [3.05, 3.63) is 70.8 Å². The van der Waals surface area contributed by atoms with Crippen LogP contribution in [0.3, 0.4) is 0 Å². The molecule has 9 heteroatoms. The first-order valence-electron chi connectivity index (χ1n) is 8.56. The van der Waals surface area contributed by atoms with Gasteiger partial charge in [-0.2, -0.15) is 0 Å². The van der Waals surface area contributed by atoms with Crippen LogP contribution in [0, 0.1) is 0 Å². The Kier molecular flexibility index (Phi) is 5.98. The number of fused-ring (bicyclic) bond motifs is 1. The number of hydrogen-bond acceptors (Lipinski definition) is 7. The molecule has 0 aliphatic rings. The Morgan fingerprint density at radius 3 is 2.59 bits per heavy atom. The van der Waals surface area contributed by atoms with E-state index in [1.54, 1.807) is 36.4 Å². The van der Waals surface area contributed by atoms with Crippen LogP contribution in [0.5, 0.6) is 0 Å². The Morgan fingerprint density at radius 2 is 1.79 bits per heavy atom. The average Bonchev–Trinajstić information content (AvgIpc) is 2.74. The second kappa shape index (κ2) is 8.79. The molecule has 3 rings (SSSR count). The Morgan fingerprint density at radius 1 is 1.07 bits per heavy atom. The van der Waals surface area contributed by atoms with E-state index in [0.29, 0.717) is 10.9 Å². The number of ether oxygens (including phenoxy) is 2. The number of esters is 2.